The third-order valence-corrected chi connectivity index (χ3v) is 3.31. The zero-order valence-corrected chi connectivity index (χ0v) is 10.9. The van der Waals surface area contributed by atoms with Gasteiger partial charge in [-0.25, -0.2) is 0 Å². The van der Waals surface area contributed by atoms with Crippen LogP contribution in [0.4, 0.5) is 5.69 Å². The molecule has 3 heteroatoms. The molecule has 1 aliphatic carbocycles. The molecule has 1 fully saturated rings. The van der Waals surface area contributed by atoms with E-state index in [0.29, 0.717) is 6.04 Å². The molecule has 1 N–H and O–H groups in total. The van der Waals surface area contributed by atoms with E-state index in [1.54, 1.807) is 6.92 Å². The van der Waals surface area contributed by atoms with Gasteiger partial charge in [-0.2, -0.15) is 0 Å². The lowest BCUT2D eigenvalue weighted by atomic mass is 10.2. The Bertz CT molecular complexity index is 355. The predicted molar refractivity (Wildman–Crippen MR) is 70.1 cm³/mol. The summed E-state index contributed by atoms with van der Waals surface area (Å²) in [5, 5.41) is 9.44. The molecule has 1 atom stereocenters. The molecule has 0 radical (unpaired) electrons. The molecule has 17 heavy (non-hydrogen) atoms. The number of aliphatic hydroxyl groups excluding tert-OH is 1. The summed E-state index contributed by atoms with van der Waals surface area (Å²) < 4.78 is 0. The van der Waals surface area contributed by atoms with Crippen LogP contribution >= 0.6 is 0 Å². The molecule has 1 saturated carbocycles. The van der Waals surface area contributed by atoms with Crippen molar-refractivity contribution in [2.75, 3.05) is 11.4 Å². The Labute approximate surface area is 103 Å². The Morgan fingerprint density at radius 2 is 2.06 bits per heavy atom. The van der Waals surface area contributed by atoms with Gasteiger partial charge in [-0.15, -0.1) is 0 Å². The zero-order chi connectivity index (χ0) is 12.4. The van der Waals surface area contributed by atoms with Crippen LogP contribution in [0.2, 0.25) is 0 Å². The maximum Gasteiger partial charge on any atom is 0.0931 e. The van der Waals surface area contributed by atoms with Crippen LogP contribution in [0.5, 0.6) is 0 Å². The summed E-state index contributed by atoms with van der Waals surface area (Å²) in [4.78, 5) is 6.72. The molecule has 1 aromatic heterocycles. The molecule has 0 aromatic carbocycles. The normalized spacial score (nSPS) is 17.2. The fourth-order valence-corrected chi connectivity index (χ4v) is 2.01. The summed E-state index contributed by atoms with van der Waals surface area (Å²) in [5.74, 6) is 0.869. The average Bonchev–Trinajstić information content (AvgIpc) is 3.09. The first-order chi connectivity index (χ1) is 8.08. The second-order valence-corrected chi connectivity index (χ2v) is 5.31. The highest BCUT2D eigenvalue weighted by atomic mass is 16.3. The molecule has 0 unspecified atom stereocenters. The van der Waals surface area contributed by atoms with Crippen LogP contribution in [-0.2, 0) is 0 Å². The fourth-order valence-electron chi connectivity index (χ4n) is 2.01. The molecule has 1 heterocycles. The van der Waals surface area contributed by atoms with Crippen LogP contribution < -0.4 is 4.90 Å². The lowest BCUT2D eigenvalue weighted by molar-refractivity contribution is 0.194. The molecule has 3 nitrogen and oxygen atoms in total. The van der Waals surface area contributed by atoms with Gasteiger partial charge in [-0.3, -0.25) is 4.98 Å². The quantitative estimate of drug-likeness (QED) is 0.851. The molecular formula is C14H22N2O. The van der Waals surface area contributed by atoms with Crippen LogP contribution in [0.1, 0.15) is 45.4 Å². The molecule has 0 spiro atoms. The number of hydrogen-bond acceptors (Lipinski definition) is 3. The van der Waals surface area contributed by atoms with Crippen molar-refractivity contribution in [2.24, 2.45) is 5.92 Å². The number of rotatable bonds is 5. The second-order valence-electron chi connectivity index (χ2n) is 5.31. The second kappa shape index (κ2) is 5.05. The number of aromatic nitrogens is 1. The third kappa shape index (κ3) is 3.19. The van der Waals surface area contributed by atoms with Crippen molar-refractivity contribution < 1.29 is 5.11 Å². The molecule has 0 amide bonds. The van der Waals surface area contributed by atoms with Crippen LogP contribution in [0, 0.1) is 5.92 Å². The molecule has 0 aliphatic heterocycles. The van der Waals surface area contributed by atoms with E-state index in [1.165, 1.54) is 12.8 Å². The van der Waals surface area contributed by atoms with Crippen LogP contribution in [0.3, 0.4) is 0 Å². The van der Waals surface area contributed by atoms with Gasteiger partial charge in [0.1, 0.15) is 0 Å². The van der Waals surface area contributed by atoms with Crippen molar-refractivity contribution in [1.29, 1.82) is 0 Å². The number of nitrogens with zero attached hydrogens (tertiary/aromatic N) is 2. The summed E-state index contributed by atoms with van der Waals surface area (Å²) in [5.41, 5.74) is 1.90. The predicted octanol–water partition coefficient (Wildman–Crippen LogP) is 2.76. The topological polar surface area (TPSA) is 36.4 Å². The first-order valence-electron chi connectivity index (χ1n) is 6.48. The van der Waals surface area contributed by atoms with Gasteiger partial charge in [0.05, 0.1) is 23.7 Å². The van der Waals surface area contributed by atoms with Gasteiger partial charge in [-0.05, 0) is 51.7 Å². The van der Waals surface area contributed by atoms with Gasteiger partial charge >= 0.3 is 0 Å². The smallest absolute Gasteiger partial charge is 0.0931 e. The third-order valence-electron chi connectivity index (χ3n) is 3.31. The van der Waals surface area contributed by atoms with E-state index < -0.39 is 6.10 Å². The lowest BCUT2D eigenvalue weighted by Gasteiger charge is -2.29. The van der Waals surface area contributed by atoms with Crippen LogP contribution in [0.25, 0.3) is 0 Å². The highest BCUT2D eigenvalue weighted by molar-refractivity contribution is 5.45. The number of pyridine rings is 1. The van der Waals surface area contributed by atoms with Crippen LogP contribution in [-0.4, -0.2) is 22.7 Å². The number of anilines is 1. The zero-order valence-electron chi connectivity index (χ0n) is 10.9. The minimum Gasteiger partial charge on any atom is -0.387 e. The monoisotopic (exact) mass is 234 g/mol. The van der Waals surface area contributed by atoms with Crippen molar-refractivity contribution in [1.82, 2.24) is 4.98 Å². The van der Waals surface area contributed by atoms with E-state index in [9.17, 15) is 5.11 Å². The van der Waals surface area contributed by atoms with Gasteiger partial charge in [0.15, 0.2) is 0 Å². The van der Waals surface area contributed by atoms with E-state index in [0.717, 1.165) is 23.8 Å². The lowest BCUT2D eigenvalue weighted by Crippen LogP contribution is -2.32. The van der Waals surface area contributed by atoms with Crippen molar-refractivity contribution in [3.63, 3.8) is 0 Å². The van der Waals surface area contributed by atoms with E-state index in [1.807, 2.05) is 12.3 Å². The summed E-state index contributed by atoms with van der Waals surface area (Å²) in [6.45, 7) is 7.30. The van der Waals surface area contributed by atoms with Gasteiger partial charge in [0, 0.05) is 12.6 Å². The Balaban J connectivity index is 2.11. The van der Waals surface area contributed by atoms with E-state index in [2.05, 4.69) is 29.8 Å². The summed E-state index contributed by atoms with van der Waals surface area (Å²) >= 11 is 0. The standard InChI is InChI=1S/C14H22N2O/c1-10(2)16(9-12-4-5-12)13-6-7-14(11(3)17)15-8-13/h6-8,10-12,17H,4-5,9H2,1-3H3/t11-/m1/s1. The maximum atomic E-state index is 9.44. The SMILES string of the molecule is CC(C)N(CC1CC1)c1ccc([C@@H](C)O)nc1. The first-order valence-corrected chi connectivity index (χ1v) is 6.48. The van der Waals surface area contributed by atoms with Gasteiger partial charge < -0.3 is 10.0 Å². The minimum atomic E-state index is -0.486. The molecule has 0 saturated heterocycles. The molecule has 0 bridgehead atoms. The Morgan fingerprint density at radius 3 is 2.47 bits per heavy atom. The molecule has 1 aliphatic rings. The average molecular weight is 234 g/mol. The highest BCUT2D eigenvalue weighted by Gasteiger charge is 2.25. The van der Waals surface area contributed by atoms with Crippen molar-refractivity contribution in [3.8, 4) is 0 Å². The van der Waals surface area contributed by atoms with Crippen molar-refractivity contribution in [2.45, 2.75) is 45.8 Å². The van der Waals surface area contributed by atoms with E-state index in [-0.39, 0.29) is 0 Å². The van der Waals surface area contributed by atoms with Crippen LogP contribution in [0.15, 0.2) is 18.3 Å². The maximum absolute atomic E-state index is 9.44. The van der Waals surface area contributed by atoms with Gasteiger partial charge in [-0.1, -0.05) is 0 Å². The Hall–Kier alpha value is -1.09. The fraction of sp³-hybridized carbons (Fsp3) is 0.643. The Morgan fingerprint density at radius 1 is 1.35 bits per heavy atom. The van der Waals surface area contributed by atoms with Gasteiger partial charge in [0.25, 0.3) is 0 Å². The Kier molecular flexibility index (Phi) is 3.67. The number of aliphatic hydroxyl groups is 1. The minimum absolute atomic E-state index is 0.486. The largest absolute Gasteiger partial charge is 0.387 e. The molecule has 2 rings (SSSR count). The molecule has 1 aromatic rings. The van der Waals surface area contributed by atoms with Gasteiger partial charge in [0.2, 0.25) is 0 Å². The molecule has 94 valence electrons. The summed E-state index contributed by atoms with van der Waals surface area (Å²) in [6.07, 6.45) is 4.12. The summed E-state index contributed by atoms with van der Waals surface area (Å²) in [7, 11) is 0. The van der Waals surface area contributed by atoms with Crippen molar-refractivity contribution >= 4 is 5.69 Å². The first kappa shape index (κ1) is 12.4. The summed E-state index contributed by atoms with van der Waals surface area (Å²) in [6, 6.07) is 4.48. The van der Waals surface area contributed by atoms with E-state index in [4.69, 9.17) is 0 Å². The highest BCUT2D eigenvalue weighted by Crippen LogP contribution is 2.32. The van der Waals surface area contributed by atoms with E-state index >= 15 is 0 Å². The molecular weight excluding hydrogens is 212 g/mol. The number of hydrogen-bond donors (Lipinski definition) is 1. The van der Waals surface area contributed by atoms with Crippen molar-refractivity contribution in [3.05, 3.63) is 24.0 Å².